The van der Waals surface area contributed by atoms with E-state index < -0.39 is 0 Å². The number of ether oxygens (including phenoxy) is 2. The second kappa shape index (κ2) is 5.65. The Balaban J connectivity index is 2.65. The number of fused-ring (bicyclic) bond motifs is 1. The number of hydrogen-bond donors (Lipinski definition) is 1. The van der Waals surface area contributed by atoms with Gasteiger partial charge in [0, 0.05) is 25.2 Å². The van der Waals surface area contributed by atoms with Crippen LogP contribution in [0.25, 0.3) is 11.0 Å². The van der Waals surface area contributed by atoms with Crippen molar-refractivity contribution in [2.75, 3.05) is 26.1 Å². The first-order valence-corrected chi connectivity index (χ1v) is 6.22. The van der Waals surface area contributed by atoms with Gasteiger partial charge in [0.05, 0.1) is 25.3 Å². The van der Waals surface area contributed by atoms with E-state index in [0.717, 1.165) is 23.5 Å². The highest BCUT2D eigenvalue weighted by Gasteiger charge is 2.13. The smallest absolute Gasteiger partial charge is 0.204 e. The summed E-state index contributed by atoms with van der Waals surface area (Å²) in [5.41, 5.74) is 1.86. The highest BCUT2D eigenvalue weighted by atomic mass is 16.5. The summed E-state index contributed by atoms with van der Waals surface area (Å²) in [4.78, 5) is 4.57. The third-order valence-electron chi connectivity index (χ3n) is 2.90. The third-order valence-corrected chi connectivity index (χ3v) is 2.90. The lowest BCUT2D eigenvalue weighted by Crippen LogP contribution is -2.06. The van der Waals surface area contributed by atoms with Crippen molar-refractivity contribution in [2.24, 2.45) is 0 Å². The van der Waals surface area contributed by atoms with E-state index in [9.17, 15) is 0 Å². The van der Waals surface area contributed by atoms with Crippen molar-refractivity contribution < 1.29 is 9.47 Å². The zero-order chi connectivity index (χ0) is 13.8. The predicted molar refractivity (Wildman–Crippen MR) is 77.2 cm³/mol. The quantitative estimate of drug-likeness (QED) is 0.812. The molecule has 5 heteroatoms. The summed E-state index contributed by atoms with van der Waals surface area (Å²) in [7, 11) is 3.25. The van der Waals surface area contributed by atoms with Gasteiger partial charge in [-0.05, 0) is 6.92 Å². The minimum atomic E-state index is 0.682. The van der Waals surface area contributed by atoms with Crippen LogP contribution in [0.15, 0.2) is 24.8 Å². The molecular weight excluding hydrogens is 242 g/mol. The number of aromatic nitrogens is 2. The Morgan fingerprint density at radius 2 is 2.00 bits per heavy atom. The molecule has 2 rings (SSSR count). The number of imidazole rings is 1. The molecule has 19 heavy (non-hydrogen) atoms. The molecule has 1 N–H and O–H groups in total. The largest absolute Gasteiger partial charge is 0.493 e. The number of nitrogens with zero attached hydrogens (tertiary/aromatic N) is 2. The summed E-state index contributed by atoms with van der Waals surface area (Å²) in [5, 5.41) is 3.25. The predicted octanol–water partition coefficient (Wildman–Crippen LogP) is 2.67. The van der Waals surface area contributed by atoms with Crippen LogP contribution < -0.4 is 14.8 Å². The average molecular weight is 261 g/mol. The van der Waals surface area contributed by atoms with E-state index in [2.05, 4.69) is 21.4 Å². The minimum Gasteiger partial charge on any atom is -0.493 e. The van der Waals surface area contributed by atoms with E-state index in [4.69, 9.17) is 9.47 Å². The maximum atomic E-state index is 5.33. The lowest BCUT2D eigenvalue weighted by atomic mass is 10.2. The molecule has 5 nitrogen and oxygen atoms in total. The van der Waals surface area contributed by atoms with Crippen molar-refractivity contribution >= 4 is 17.0 Å². The van der Waals surface area contributed by atoms with Crippen molar-refractivity contribution in [1.82, 2.24) is 9.55 Å². The topological polar surface area (TPSA) is 48.3 Å². The number of nitrogens with one attached hydrogen (secondary N) is 1. The highest BCUT2D eigenvalue weighted by Crippen LogP contribution is 2.33. The lowest BCUT2D eigenvalue weighted by Gasteiger charge is -2.09. The Hall–Kier alpha value is -2.17. The normalized spacial score (nSPS) is 10.5. The molecule has 1 aromatic heterocycles. The van der Waals surface area contributed by atoms with Crippen LogP contribution in [-0.4, -0.2) is 30.3 Å². The van der Waals surface area contributed by atoms with Gasteiger partial charge in [-0.2, -0.15) is 0 Å². The molecule has 0 amide bonds. The number of hydrogen-bond acceptors (Lipinski definition) is 4. The van der Waals surface area contributed by atoms with Gasteiger partial charge in [0.2, 0.25) is 5.95 Å². The van der Waals surface area contributed by atoms with E-state index in [1.54, 1.807) is 14.2 Å². The average Bonchev–Trinajstić information content (AvgIpc) is 2.75. The third kappa shape index (κ3) is 2.36. The highest BCUT2D eigenvalue weighted by molar-refractivity contribution is 5.82. The van der Waals surface area contributed by atoms with Gasteiger partial charge in [-0.15, -0.1) is 6.58 Å². The molecule has 0 unspecified atom stereocenters. The Labute approximate surface area is 112 Å². The van der Waals surface area contributed by atoms with Gasteiger partial charge in [-0.25, -0.2) is 4.98 Å². The molecular formula is C14H19N3O2. The van der Waals surface area contributed by atoms with Crippen LogP contribution in [0.2, 0.25) is 0 Å². The first-order chi connectivity index (χ1) is 9.24. The Kier molecular flexibility index (Phi) is 3.94. The van der Waals surface area contributed by atoms with Crippen LogP contribution in [0.3, 0.4) is 0 Å². The second-order valence-corrected chi connectivity index (χ2v) is 4.06. The molecule has 0 fully saturated rings. The molecule has 1 aromatic carbocycles. The first-order valence-electron chi connectivity index (χ1n) is 6.22. The van der Waals surface area contributed by atoms with E-state index in [1.165, 1.54) is 0 Å². The molecule has 0 aliphatic rings. The summed E-state index contributed by atoms with van der Waals surface area (Å²) in [5.74, 6) is 2.21. The van der Waals surface area contributed by atoms with Crippen LogP contribution in [0.5, 0.6) is 11.5 Å². The number of rotatable bonds is 6. The maximum absolute atomic E-state index is 5.33. The van der Waals surface area contributed by atoms with Gasteiger partial charge in [0.1, 0.15) is 0 Å². The zero-order valence-electron chi connectivity index (χ0n) is 11.6. The molecule has 0 atom stereocenters. The minimum absolute atomic E-state index is 0.682. The molecule has 0 bridgehead atoms. The van der Waals surface area contributed by atoms with Crippen molar-refractivity contribution in [1.29, 1.82) is 0 Å². The molecule has 0 saturated carbocycles. The van der Waals surface area contributed by atoms with E-state index in [-0.39, 0.29) is 0 Å². The van der Waals surface area contributed by atoms with Gasteiger partial charge in [0.25, 0.3) is 0 Å². The van der Waals surface area contributed by atoms with Crippen molar-refractivity contribution in [3.63, 3.8) is 0 Å². The summed E-state index contributed by atoms with van der Waals surface area (Å²) in [6, 6.07) is 3.82. The van der Waals surface area contributed by atoms with Crippen molar-refractivity contribution in [3.05, 3.63) is 24.8 Å². The molecule has 1 heterocycles. The summed E-state index contributed by atoms with van der Waals surface area (Å²) in [6.45, 7) is 7.33. The van der Waals surface area contributed by atoms with Crippen LogP contribution in [0, 0.1) is 0 Å². The maximum Gasteiger partial charge on any atom is 0.204 e. The van der Waals surface area contributed by atoms with E-state index in [0.29, 0.717) is 18.0 Å². The molecule has 102 valence electrons. The Morgan fingerprint density at radius 1 is 1.32 bits per heavy atom. The monoisotopic (exact) mass is 261 g/mol. The number of benzene rings is 1. The zero-order valence-corrected chi connectivity index (χ0v) is 11.6. The van der Waals surface area contributed by atoms with Crippen LogP contribution in [0.4, 0.5) is 5.95 Å². The van der Waals surface area contributed by atoms with Crippen molar-refractivity contribution in [3.8, 4) is 11.5 Å². The molecule has 0 aliphatic carbocycles. The molecule has 2 aromatic rings. The number of allylic oxidation sites excluding steroid dienone is 1. The van der Waals surface area contributed by atoms with Gasteiger partial charge >= 0.3 is 0 Å². The van der Waals surface area contributed by atoms with Crippen LogP contribution in [0.1, 0.15) is 6.92 Å². The molecule has 0 saturated heterocycles. The first kappa shape index (κ1) is 13.3. The summed E-state index contributed by atoms with van der Waals surface area (Å²) in [6.07, 6.45) is 1.85. The van der Waals surface area contributed by atoms with Crippen molar-refractivity contribution in [2.45, 2.75) is 13.5 Å². The Bertz CT molecular complexity index is 590. The number of methoxy groups -OCH3 is 2. The second-order valence-electron chi connectivity index (χ2n) is 4.06. The fraction of sp³-hybridized carbons (Fsp3) is 0.357. The van der Waals surface area contributed by atoms with Gasteiger partial charge in [0.15, 0.2) is 11.5 Å². The van der Waals surface area contributed by atoms with E-state index in [1.807, 2.05) is 25.1 Å². The standard InChI is InChI=1S/C14H19N3O2/c1-5-7-17-11-9-13(19-4)12(18-3)8-10(11)16-14(17)15-6-2/h5,8-9H,1,6-7H2,2-4H3,(H,15,16). The summed E-state index contributed by atoms with van der Waals surface area (Å²) >= 11 is 0. The summed E-state index contributed by atoms with van der Waals surface area (Å²) < 4.78 is 12.7. The molecule has 0 aliphatic heterocycles. The van der Waals surface area contributed by atoms with Gasteiger partial charge in [-0.1, -0.05) is 6.08 Å². The Morgan fingerprint density at radius 3 is 2.58 bits per heavy atom. The van der Waals surface area contributed by atoms with E-state index >= 15 is 0 Å². The molecule has 0 spiro atoms. The van der Waals surface area contributed by atoms with Gasteiger partial charge < -0.3 is 19.4 Å². The fourth-order valence-electron chi connectivity index (χ4n) is 2.06. The van der Waals surface area contributed by atoms with Gasteiger partial charge in [-0.3, -0.25) is 0 Å². The molecule has 0 radical (unpaired) electrons. The van der Waals surface area contributed by atoms with Crippen LogP contribution in [-0.2, 0) is 6.54 Å². The lowest BCUT2D eigenvalue weighted by molar-refractivity contribution is 0.355. The number of anilines is 1. The SMILES string of the molecule is C=CCn1c(NCC)nc2cc(OC)c(OC)cc21. The van der Waals surface area contributed by atoms with Crippen LogP contribution >= 0.6 is 0 Å². The fourth-order valence-corrected chi connectivity index (χ4v) is 2.06.